The van der Waals surface area contributed by atoms with Crippen LogP contribution in [0.1, 0.15) is 42.9 Å². The lowest BCUT2D eigenvalue weighted by Gasteiger charge is -2.31. The van der Waals surface area contributed by atoms with Crippen LogP contribution in [0.4, 0.5) is 5.95 Å². The predicted molar refractivity (Wildman–Crippen MR) is 142 cm³/mol. The van der Waals surface area contributed by atoms with E-state index in [0.29, 0.717) is 23.4 Å². The van der Waals surface area contributed by atoms with E-state index in [1.165, 1.54) is 0 Å². The Bertz CT molecular complexity index is 1370. The maximum absolute atomic E-state index is 13.4. The van der Waals surface area contributed by atoms with E-state index in [4.69, 9.17) is 4.74 Å². The number of aryl methyl sites for hydroxylation is 2. The molecule has 8 heteroatoms. The van der Waals surface area contributed by atoms with Gasteiger partial charge in [0.15, 0.2) is 0 Å². The number of likely N-dealkylation sites (tertiary alicyclic amines) is 1. The van der Waals surface area contributed by atoms with Gasteiger partial charge in [0.05, 0.1) is 10.6 Å². The van der Waals surface area contributed by atoms with E-state index in [9.17, 15) is 8.42 Å². The summed E-state index contributed by atoms with van der Waals surface area (Å²) in [6, 6.07) is 15.2. The van der Waals surface area contributed by atoms with E-state index in [0.717, 1.165) is 41.8 Å². The molecule has 0 amide bonds. The molecule has 7 nitrogen and oxygen atoms in total. The first kappa shape index (κ1) is 24.7. The minimum absolute atomic E-state index is 0.00899. The average Bonchev–Trinajstić information content (AvgIpc) is 2.96. The lowest BCUT2D eigenvalue weighted by Crippen LogP contribution is -2.33. The third kappa shape index (κ3) is 4.84. The van der Waals surface area contributed by atoms with Crippen LogP contribution in [0.5, 0.6) is 5.88 Å². The van der Waals surface area contributed by atoms with Gasteiger partial charge >= 0.3 is 0 Å². The number of anilines is 1. The van der Waals surface area contributed by atoms with Gasteiger partial charge in [0.25, 0.3) is 10.0 Å². The van der Waals surface area contributed by atoms with Crippen LogP contribution >= 0.6 is 0 Å². The normalized spacial score (nSPS) is 23.6. The molecular formula is C28H34N4O3S. The Morgan fingerprint density at radius 3 is 2.47 bits per heavy atom. The average molecular weight is 507 g/mol. The van der Waals surface area contributed by atoms with Gasteiger partial charge in [0.2, 0.25) is 11.8 Å². The molecule has 0 radical (unpaired) electrons. The molecule has 5 rings (SSSR count). The summed E-state index contributed by atoms with van der Waals surface area (Å²) in [6.07, 6.45) is 0.680. The first-order chi connectivity index (χ1) is 17.1. The number of fused-ring (bicyclic) bond motifs is 7. The Morgan fingerprint density at radius 2 is 1.75 bits per heavy atom. The van der Waals surface area contributed by atoms with Crippen molar-refractivity contribution in [1.82, 2.24) is 14.9 Å². The Kier molecular flexibility index (Phi) is 6.51. The molecule has 1 unspecified atom stereocenters. The highest BCUT2D eigenvalue weighted by atomic mass is 32.2. The van der Waals surface area contributed by atoms with Gasteiger partial charge in [-0.15, -0.1) is 0 Å². The van der Waals surface area contributed by atoms with Gasteiger partial charge in [-0.05, 0) is 73.9 Å². The monoisotopic (exact) mass is 506 g/mol. The van der Waals surface area contributed by atoms with Gasteiger partial charge in [-0.1, -0.05) is 44.2 Å². The maximum Gasteiger partial charge on any atom is 0.264 e. The van der Waals surface area contributed by atoms with Crippen molar-refractivity contribution in [2.24, 2.45) is 11.8 Å². The molecule has 190 valence electrons. The van der Waals surface area contributed by atoms with Gasteiger partial charge in [0, 0.05) is 24.7 Å². The van der Waals surface area contributed by atoms with E-state index in [1.54, 1.807) is 6.07 Å². The molecule has 0 aliphatic carbocycles. The Morgan fingerprint density at radius 1 is 1.03 bits per heavy atom. The van der Waals surface area contributed by atoms with Gasteiger partial charge in [-0.25, -0.2) is 18.1 Å². The summed E-state index contributed by atoms with van der Waals surface area (Å²) >= 11 is 0. The first-order valence-corrected chi connectivity index (χ1v) is 14.0. The first-order valence-electron chi connectivity index (χ1n) is 12.5. The van der Waals surface area contributed by atoms with Gasteiger partial charge in [0.1, 0.15) is 6.10 Å². The topological polar surface area (TPSA) is 84.4 Å². The van der Waals surface area contributed by atoms with Crippen molar-refractivity contribution in [3.8, 4) is 17.1 Å². The number of sulfonamides is 1. The van der Waals surface area contributed by atoms with Crippen LogP contribution in [-0.4, -0.2) is 49.5 Å². The number of ether oxygens (including phenoxy) is 1. The van der Waals surface area contributed by atoms with Crippen molar-refractivity contribution < 1.29 is 13.2 Å². The third-order valence-corrected chi connectivity index (χ3v) is 8.80. The number of rotatable bonds is 2. The quantitative estimate of drug-likeness (QED) is 0.526. The largest absolute Gasteiger partial charge is 0.473 e. The second kappa shape index (κ2) is 9.48. The number of aromatic nitrogens is 2. The molecule has 1 fully saturated rings. The van der Waals surface area contributed by atoms with E-state index < -0.39 is 10.0 Å². The summed E-state index contributed by atoms with van der Waals surface area (Å²) in [6.45, 7) is 10.2. The summed E-state index contributed by atoms with van der Waals surface area (Å²) < 4.78 is 36.0. The summed E-state index contributed by atoms with van der Waals surface area (Å²) in [5, 5.41) is 0. The number of hydrogen-bond acceptors (Lipinski definition) is 6. The standard InChI is InChI=1S/C28H34N4O3S/c1-17(2)24-16-32(5)15-21-13-23(24)20-10-7-11-22(12-20)36(33,34)31-28-29-25(14-26(30-28)35-21)27-18(3)8-6-9-19(27)4/h6-12,14,17,21,23-24H,13,15-16H2,1-5H3,(H,29,30,31)/t21-,23?,24+/m0/s1. The van der Waals surface area contributed by atoms with Crippen molar-refractivity contribution in [3.05, 3.63) is 65.2 Å². The number of benzene rings is 2. The molecular weight excluding hydrogens is 472 g/mol. The van der Waals surface area contributed by atoms with Gasteiger partial charge < -0.3 is 9.64 Å². The zero-order valence-corrected chi connectivity index (χ0v) is 22.3. The lowest BCUT2D eigenvalue weighted by atomic mass is 9.77. The molecule has 2 aliphatic heterocycles. The van der Waals surface area contributed by atoms with Crippen LogP contribution < -0.4 is 9.46 Å². The van der Waals surface area contributed by atoms with Crippen molar-refractivity contribution in [2.75, 3.05) is 24.9 Å². The Balaban J connectivity index is 1.69. The Hall–Kier alpha value is -2.97. The molecule has 6 bridgehead atoms. The van der Waals surface area contributed by atoms with Crippen molar-refractivity contribution in [2.45, 2.75) is 51.0 Å². The summed E-state index contributed by atoms with van der Waals surface area (Å²) in [5.74, 6) is 1.35. The molecule has 0 spiro atoms. The van der Waals surface area contributed by atoms with Gasteiger partial charge in [-0.3, -0.25) is 0 Å². The number of nitrogens with zero attached hydrogens (tertiary/aromatic N) is 3. The minimum Gasteiger partial charge on any atom is -0.473 e. The fourth-order valence-electron chi connectivity index (χ4n) is 5.73. The lowest BCUT2D eigenvalue weighted by molar-refractivity contribution is 0.147. The van der Waals surface area contributed by atoms with Crippen LogP contribution in [0.15, 0.2) is 53.4 Å². The summed E-state index contributed by atoms with van der Waals surface area (Å²) in [5.41, 5.74) is 4.72. The van der Waals surface area contributed by atoms with Crippen molar-refractivity contribution in [3.63, 3.8) is 0 Å². The van der Waals surface area contributed by atoms with Crippen LogP contribution in [0, 0.1) is 25.7 Å². The molecule has 36 heavy (non-hydrogen) atoms. The van der Waals surface area contributed by atoms with E-state index in [2.05, 4.69) is 40.5 Å². The molecule has 1 N–H and O–H groups in total. The Labute approximate surface area is 214 Å². The smallest absolute Gasteiger partial charge is 0.264 e. The zero-order chi connectivity index (χ0) is 25.6. The fourth-order valence-corrected chi connectivity index (χ4v) is 6.72. The highest BCUT2D eigenvalue weighted by Crippen LogP contribution is 2.39. The van der Waals surface area contributed by atoms with E-state index in [1.807, 2.05) is 56.3 Å². The highest BCUT2D eigenvalue weighted by molar-refractivity contribution is 7.92. The SMILES string of the molecule is Cc1cccc(C)c1-c1cc2nc(n1)NS(=O)(=O)c1cccc(c1)C1C[C@@H](CN(C)C[C@@H]1C(C)C)O2. The molecule has 3 atom stereocenters. The summed E-state index contributed by atoms with van der Waals surface area (Å²) in [7, 11) is -1.76. The summed E-state index contributed by atoms with van der Waals surface area (Å²) in [4.78, 5) is 11.7. The van der Waals surface area contributed by atoms with Crippen molar-refractivity contribution >= 4 is 16.0 Å². The zero-order valence-electron chi connectivity index (χ0n) is 21.5. The van der Waals surface area contributed by atoms with Gasteiger partial charge in [-0.2, -0.15) is 4.98 Å². The number of likely N-dealkylation sites (N-methyl/N-ethyl adjacent to an activating group) is 1. The predicted octanol–water partition coefficient (Wildman–Crippen LogP) is 5.01. The van der Waals surface area contributed by atoms with Crippen LogP contribution in [0.2, 0.25) is 0 Å². The molecule has 0 saturated carbocycles. The van der Waals surface area contributed by atoms with E-state index in [-0.39, 0.29) is 22.9 Å². The van der Waals surface area contributed by atoms with Crippen LogP contribution in [0.3, 0.4) is 0 Å². The van der Waals surface area contributed by atoms with E-state index >= 15 is 0 Å². The molecule has 1 aromatic heterocycles. The van der Waals surface area contributed by atoms with Crippen LogP contribution in [-0.2, 0) is 10.0 Å². The minimum atomic E-state index is -3.89. The number of nitrogens with one attached hydrogen (secondary N) is 1. The highest BCUT2D eigenvalue weighted by Gasteiger charge is 2.35. The molecule has 3 aromatic rings. The fraction of sp³-hybridized carbons (Fsp3) is 0.429. The number of hydrogen-bond donors (Lipinski definition) is 1. The molecule has 1 saturated heterocycles. The molecule has 3 heterocycles. The molecule has 2 aromatic carbocycles. The second-order valence-electron chi connectivity index (χ2n) is 10.6. The van der Waals surface area contributed by atoms with Crippen molar-refractivity contribution in [1.29, 1.82) is 0 Å². The molecule has 2 aliphatic rings. The third-order valence-electron chi connectivity index (χ3n) is 7.48. The second-order valence-corrected chi connectivity index (χ2v) is 12.3. The van der Waals surface area contributed by atoms with Crippen LogP contribution in [0.25, 0.3) is 11.3 Å². The maximum atomic E-state index is 13.4.